The summed E-state index contributed by atoms with van der Waals surface area (Å²) in [5.74, 6) is 0.933. The number of hydrogen-bond acceptors (Lipinski definition) is 5. The summed E-state index contributed by atoms with van der Waals surface area (Å²) in [6.07, 6.45) is 6.65. The lowest BCUT2D eigenvalue weighted by Crippen LogP contribution is -2.21. The van der Waals surface area contributed by atoms with Crippen molar-refractivity contribution in [3.63, 3.8) is 0 Å². The molecule has 4 heterocycles. The highest BCUT2D eigenvalue weighted by Gasteiger charge is 2.13. The maximum Gasteiger partial charge on any atom is 0.261 e. The molecule has 28 heavy (non-hydrogen) atoms. The standard InChI is InChI=1S/C20H13ClN6O/c21-16-6-2-1-4-14(16)12-26-9-7-17-15(19(26)28)11-23-20-24-18(25-27(17)20)13-5-3-8-22-10-13/h1-11H,12H2. The molecule has 0 aliphatic rings. The average Bonchev–Trinajstić information content (AvgIpc) is 3.17. The van der Waals surface area contributed by atoms with E-state index in [0.717, 1.165) is 11.1 Å². The van der Waals surface area contributed by atoms with E-state index in [2.05, 4.69) is 20.1 Å². The molecule has 5 aromatic rings. The molecule has 0 spiro atoms. The number of benzene rings is 1. The van der Waals surface area contributed by atoms with Crippen molar-refractivity contribution in [2.45, 2.75) is 6.54 Å². The van der Waals surface area contributed by atoms with E-state index in [1.54, 1.807) is 27.7 Å². The van der Waals surface area contributed by atoms with E-state index in [9.17, 15) is 4.79 Å². The molecule has 136 valence electrons. The highest BCUT2D eigenvalue weighted by atomic mass is 35.5. The first kappa shape index (κ1) is 16.6. The Balaban J connectivity index is 1.64. The third-order valence-electron chi connectivity index (χ3n) is 4.53. The number of fused-ring (bicyclic) bond motifs is 3. The highest BCUT2D eigenvalue weighted by Crippen LogP contribution is 2.18. The molecule has 1 aromatic carbocycles. The van der Waals surface area contributed by atoms with Crippen molar-refractivity contribution in [1.29, 1.82) is 0 Å². The number of nitrogens with zero attached hydrogens (tertiary/aromatic N) is 6. The van der Waals surface area contributed by atoms with E-state index >= 15 is 0 Å². The van der Waals surface area contributed by atoms with Gasteiger partial charge in [0.05, 0.1) is 17.4 Å². The van der Waals surface area contributed by atoms with Crippen molar-refractivity contribution < 1.29 is 0 Å². The van der Waals surface area contributed by atoms with Gasteiger partial charge in [-0.2, -0.15) is 9.50 Å². The molecule has 8 heteroatoms. The lowest BCUT2D eigenvalue weighted by atomic mass is 10.2. The number of aromatic nitrogens is 6. The van der Waals surface area contributed by atoms with Gasteiger partial charge in [-0.05, 0) is 29.8 Å². The smallest absolute Gasteiger partial charge is 0.261 e. The van der Waals surface area contributed by atoms with E-state index in [-0.39, 0.29) is 5.56 Å². The molecule has 0 fully saturated rings. The Labute approximate surface area is 163 Å². The van der Waals surface area contributed by atoms with Gasteiger partial charge in [0, 0.05) is 35.4 Å². The van der Waals surface area contributed by atoms with Gasteiger partial charge in [0.25, 0.3) is 11.3 Å². The second-order valence-electron chi connectivity index (χ2n) is 6.29. The average molecular weight is 389 g/mol. The molecule has 0 saturated heterocycles. The second-order valence-corrected chi connectivity index (χ2v) is 6.69. The molecule has 7 nitrogen and oxygen atoms in total. The molecule has 0 bridgehead atoms. The highest BCUT2D eigenvalue weighted by molar-refractivity contribution is 6.31. The molecule has 0 aliphatic heterocycles. The molecular weight excluding hydrogens is 376 g/mol. The first-order chi connectivity index (χ1) is 13.7. The Morgan fingerprint density at radius 3 is 2.75 bits per heavy atom. The predicted molar refractivity (Wildman–Crippen MR) is 106 cm³/mol. The third kappa shape index (κ3) is 2.73. The molecule has 0 aliphatic carbocycles. The van der Waals surface area contributed by atoms with Gasteiger partial charge < -0.3 is 4.57 Å². The van der Waals surface area contributed by atoms with E-state index in [0.29, 0.717) is 34.1 Å². The summed E-state index contributed by atoms with van der Waals surface area (Å²) in [5.41, 5.74) is 2.14. The summed E-state index contributed by atoms with van der Waals surface area (Å²) in [4.78, 5) is 25.8. The summed E-state index contributed by atoms with van der Waals surface area (Å²) in [6.45, 7) is 0.380. The molecule has 5 rings (SSSR count). The topological polar surface area (TPSA) is 78.0 Å². The Morgan fingerprint density at radius 2 is 1.93 bits per heavy atom. The van der Waals surface area contributed by atoms with Crippen LogP contribution in [-0.4, -0.2) is 29.1 Å². The van der Waals surface area contributed by atoms with Crippen LogP contribution in [0.25, 0.3) is 28.1 Å². The van der Waals surface area contributed by atoms with Crippen LogP contribution in [-0.2, 0) is 6.54 Å². The van der Waals surface area contributed by atoms with Gasteiger partial charge in [0.1, 0.15) is 0 Å². The normalized spacial score (nSPS) is 11.3. The summed E-state index contributed by atoms with van der Waals surface area (Å²) >= 11 is 6.23. The summed E-state index contributed by atoms with van der Waals surface area (Å²) in [6, 6.07) is 13.0. The van der Waals surface area contributed by atoms with Crippen molar-refractivity contribution in [2.24, 2.45) is 0 Å². The van der Waals surface area contributed by atoms with Crippen LogP contribution >= 0.6 is 11.6 Å². The first-order valence-corrected chi connectivity index (χ1v) is 8.97. The van der Waals surface area contributed by atoms with Crippen LogP contribution in [0.15, 0.2) is 72.0 Å². The van der Waals surface area contributed by atoms with Gasteiger partial charge >= 0.3 is 0 Å². The van der Waals surface area contributed by atoms with Gasteiger partial charge in [0.2, 0.25) is 0 Å². The fraction of sp³-hybridized carbons (Fsp3) is 0.0500. The van der Waals surface area contributed by atoms with Crippen LogP contribution in [0, 0.1) is 0 Å². The maximum atomic E-state index is 13.0. The summed E-state index contributed by atoms with van der Waals surface area (Å²) < 4.78 is 3.19. The van der Waals surface area contributed by atoms with Crippen LogP contribution in [0.5, 0.6) is 0 Å². The van der Waals surface area contributed by atoms with Gasteiger partial charge in [-0.25, -0.2) is 4.98 Å². The second kappa shape index (κ2) is 6.54. The van der Waals surface area contributed by atoms with Crippen molar-refractivity contribution >= 4 is 28.3 Å². The minimum atomic E-state index is -0.162. The monoisotopic (exact) mass is 388 g/mol. The molecule has 4 aromatic heterocycles. The maximum absolute atomic E-state index is 13.0. The van der Waals surface area contributed by atoms with Gasteiger partial charge in [-0.3, -0.25) is 9.78 Å². The van der Waals surface area contributed by atoms with Crippen LogP contribution in [0.2, 0.25) is 5.02 Å². The lowest BCUT2D eigenvalue weighted by Gasteiger charge is -2.09. The minimum Gasteiger partial charge on any atom is -0.310 e. The molecule has 0 saturated carbocycles. The number of hydrogen-bond donors (Lipinski definition) is 0. The molecule has 0 radical (unpaired) electrons. The molecule has 0 atom stereocenters. The van der Waals surface area contributed by atoms with Gasteiger partial charge in [-0.15, -0.1) is 5.10 Å². The third-order valence-corrected chi connectivity index (χ3v) is 4.89. The fourth-order valence-corrected chi connectivity index (χ4v) is 3.31. The Kier molecular flexibility index (Phi) is 3.87. The zero-order valence-corrected chi connectivity index (χ0v) is 15.3. The van der Waals surface area contributed by atoms with E-state index in [4.69, 9.17) is 11.6 Å². The summed E-state index contributed by atoms with van der Waals surface area (Å²) in [7, 11) is 0. The van der Waals surface area contributed by atoms with Crippen LogP contribution in [0.3, 0.4) is 0 Å². The molecule has 0 amide bonds. The van der Waals surface area contributed by atoms with Crippen molar-refractivity contribution in [3.8, 4) is 11.4 Å². The predicted octanol–water partition coefficient (Wildman–Crippen LogP) is 3.20. The van der Waals surface area contributed by atoms with Crippen molar-refractivity contribution in [2.75, 3.05) is 0 Å². The van der Waals surface area contributed by atoms with Gasteiger partial charge in [0.15, 0.2) is 5.82 Å². The Morgan fingerprint density at radius 1 is 1.04 bits per heavy atom. The van der Waals surface area contributed by atoms with E-state index in [1.807, 2.05) is 42.5 Å². The van der Waals surface area contributed by atoms with E-state index < -0.39 is 0 Å². The Hall–Kier alpha value is -3.58. The SMILES string of the molecule is O=c1c2cnc3nc(-c4cccnc4)nn3c2ccn1Cc1ccccc1Cl. The fourth-order valence-electron chi connectivity index (χ4n) is 3.11. The summed E-state index contributed by atoms with van der Waals surface area (Å²) in [5, 5.41) is 5.60. The zero-order valence-electron chi connectivity index (χ0n) is 14.5. The zero-order chi connectivity index (χ0) is 19.1. The molecule has 0 unspecified atom stereocenters. The molecule has 0 N–H and O–H groups in total. The first-order valence-electron chi connectivity index (χ1n) is 8.59. The largest absolute Gasteiger partial charge is 0.310 e. The quantitative estimate of drug-likeness (QED) is 0.474. The van der Waals surface area contributed by atoms with Gasteiger partial charge in [-0.1, -0.05) is 29.8 Å². The minimum absolute atomic E-state index is 0.162. The Bertz CT molecular complexity index is 1380. The lowest BCUT2D eigenvalue weighted by molar-refractivity contribution is 0.765. The van der Waals surface area contributed by atoms with E-state index in [1.165, 1.54) is 6.20 Å². The van der Waals surface area contributed by atoms with Crippen molar-refractivity contribution in [1.82, 2.24) is 29.1 Å². The van der Waals surface area contributed by atoms with Crippen LogP contribution < -0.4 is 5.56 Å². The molecular formula is C20H13ClN6O. The van der Waals surface area contributed by atoms with Crippen LogP contribution in [0.4, 0.5) is 0 Å². The van der Waals surface area contributed by atoms with Crippen molar-refractivity contribution in [3.05, 3.63) is 88.2 Å². The number of rotatable bonds is 3. The number of halogens is 1. The number of pyridine rings is 2. The van der Waals surface area contributed by atoms with Crippen LogP contribution in [0.1, 0.15) is 5.56 Å².